The Labute approximate surface area is 125 Å². The highest BCUT2D eigenvalue weighted by Crippen LogP contribution is 2.45. The number of benzene rings is 1. The van der Waals surface area contributed by atoms with Gasteiger partial charge < -0.3 is 9.84 Å². The van der Waals surface area contributed by atoms with Gasteiger partial charge in [-0.15, -0.1) is 0 Å². The molecule has 1 aliphatic heterocycles. The predicted molar refractivity (Wildman–Crippen MR) is 67.6 cm³/mol. The van der Waals surface area contributed by atoms with Gasteiger partial charge in [0.05, 0.1) is 20.6 Å². The van der Waals surface area contributed by atoms with E-state index >= 15 is 0 Å². The van der Waals surface area contributed by atoms with E-state index in [4.69, 9.17) is 39.9 Å². The molecule has 0 saturated heterocycles. The Bertz CT molecular complexity index is 626. The van der Waals surface area contributed by atoms with Crippen LogP contribution in [0.3, 0.4) is 0 Å². The average Bonchev–Trinajstić information content (AvgIpc) is 2.33. The van der Waals surface area contributed by atoms with Crippen molar-refractivity contribution in [2.75, 3.05) is 0 Å². The van der Waals surface area contributed by atoms with E-state index in [-0.39, 0.29) is 26.4 Å². The van der Waals surface area contributed by atoms with Crippen LogP contribution >= 0.6 is 34.8 Å². The minimum absolute atomic E-state index is 0.0565. The Hall–Kier alpha value is -1.11. The smallest absolute Gasteiger partial charge is 0.430 e. The van der Waals surface area contributed by atoms with Gasteiger partial charge in [-0.1, -0.05) is 34.8 Å². The molecule has 108 valence electrons. The Morgan fingerprint density at radius 1 is 1.25 bits per heavy atom. The Morgan fingerprint density at radius 2 is 1.85 bits per heavy atom. The Kier molecular flexibility index (Phi) is 3.83. The van der Waals surface area contributed by atoms with Crippen LogP contribution in [0, 0.1) is 0 Å². The summed E-state index contributed by atoms with van der Waals surface area (Å²) in [5.41, 5.74) is -1.04. The summed E-state index contributed by atoms with van der Waals surface area (Å²) in [5.74, 6) is -2.04. The van der Waals surface area contributed by atoms with E-state index in [0.717, 1.165) is 12.1 Å². The molecule has 1 atom stereocenters. The predicted octanol–water partition coefficient (Wildman–Crippen LogP) is 4.44. The Balaban J connectivity index is 2.66. The molecule has 1 aliphatic rings. The summed E-state index contributed by atoms with van der Waals surface area (Å²) >= 11 is 17.3. The summed E-state index contributed by atoms with van der Waals surface area (Å²) in [6.45, 7) is 0. The first-order valence-electron chi connectivity index (χ1n) is 4.98. The molecule has 0 unspecified atom stereocenters. The van der Waals surface area contributed by atoms with Gasteiger partial charge in [-0.25, -0.2) is 4.79 Å². The van der Waals surface area contributed by atoms with Crippen molar-refractivity contribution in [3.63, 3.8) is 0 Å². The summed E-state index contributed by atoms with van der Waals surface area (Å²) in [6, 6.07) is 1.05. The number of carboxylic acid groups (broad SMARTS) is 1. The van der Waals surface area contributed by atoms with Gasteiger partial charge >= 0.3 is 12.1 Å². The van der Waals surface area contributed by atoms with Crippen molar-refractivity contribution in [3.8, 4) is 5.75 Å². The van der Waals surface area contributed by atoms with E-state index in [0.29, 0.717) is 0 Å². The van der Waals surface area contributed by atoms with Gasteiger partial charge in [-0.2, -0.15) is 13.2 Å². The summed E-state index contributed by atoms with van der Waals surface area (Å²) in [5, 5.41) is 8.50. The molecule has 0 spiro atoms. The van der Waals surface area contributed by atoms with Crippen molar-refractivity contribution in [1.29, 1.82) is 0 Å². The van der Waals surface area contributed by atoms with E-state index in [1.807, 2.05) is 0 Å². The third kappa shape index (κ3) is 2.55. The van der Waals surface area contributed by atoms with Crippen LogP contribution in [0.1, 0.15) is 5.56 Å². The summed E-state index contributed by atoms with van der Waals surface area (Å²) in [7, 11) is 0. The minimum atomic E-state index is -4.89. The van der Waals surface area contributed by atoms with E-state index in [2.05, 4.69) is 4.74 Å². The molecule has 0 bridgehead atoms. The van der Waals surface area contributed by atoms with Crippen molar-refractivity contribution in [2.45, 2.75) is 12.3 Å². The van der Waals surface area contributed by atoms with Gasteiger partial charge in [0.2, 0.25) is 6.10 Å². The van der Waals surface area contributed by atoms with Gasteiger partial charge in [-0.05, 0) is 6.08 Å². The van der Waals surface area contributed by atoms with Crippen LogP contribution in [-0.4, -0.2) is 23.4 Å². The molecule has 0 aromatic heterocycles. The quantitative estimate of drug-likeness (QED) is 0.764. The number of halogens is 6. The number of rotatable bonds is 1. The fourth-order valence-electron chi connectivity index (χ4n) is 1.66. The largest absolute Gasteiger partial charge is 0.478 e. The Morgan fingerprint density at radius 3 is 2.35 bits per heavy atom. The summed E-state index contributed by atoms with van der Waals surface area (Å²) < 4.78 is 43.1. The number of alkyl halides is 3. The maximum absolute atomic E-state index is 12.8. The van der Waals surface area contributed by atoms with Gasteiger partial charge in [-0.3, -0.25) is 0 Å². The van der Waals surface area contributed by atoms with E-state index < -0.39 is 23.8 Å². The normalized spacial score (nSPS) is 18.1. The van der Waals surface area contributed by atoms with Crippen molar-refractivity contribution in [2.24, 2.45) is 0 Å². The first-order chi connectivity index (χ1) is 9.12. The number of hydrogen-bond donors (Lipinski definition) is 1. The zero-order chi connectivity index (χ0) is 15.2. The van der Waals surface area contributed by atoms with Crippen LogP contribution in [0.5, 0.6) is 5.75 Å². The molecule has 0 radical (unpaired) electrons. The van der Waals surface area contributed by atoms with E-state index in [1.165, 1.54) is 0 Å². The SMILES string of the molecule is O=C(O)C1=Cc2c(cc(Cl)c(Cl)c2Cl)O[C@@H]1C(F)(F)F. The number of carbonyl (C=O) groups is 1. The van der Waals surface area contributed by atoms with Crippen LogP contribution < -0.4 is 4.74 Å². The van der Waals surface area contributed by atoms with Crippen LogP contribution in [0.25, 0.3) is 6.08 Å². The first-order valence-corrected chi connectivity index (χ1v) is 6.12. The molecule has 1 aromatic rings. The third-order valence-electron chi connectivity index (χ3n) is 2.53. The number of carboxylic acids is 1. The fourth-order valence-corrected chi connectivity index (χ4v) is 2.31. The zero-order valence-electron chi connectivity index (χ0n) is 9.26. The van der Waals surface area contributed by atoms with E-state index in [1.54, 1.807) is 0 Å². The maximum atomic E-state index is 12.8. The molecule has 0 aliphatic carbocycles. The van der Waals surface area contributed by atoms with Crippen LogP contribution in [-0.2, 0) is 4.79 Å². The molecule has 3 nitrogen and oxygen atoms in total. The lowest BCUT2D eigenvalue weighted by Gasteiger charge is -2.27. The van der Waals surface area contributed by atoms with Crippen LogP contribution in [0.4, 0.5) is 13.2 Å². The van der Waals surface area contributed by atoms with Crippen LogP contribution in [0.2, 0.25) is 15.1 Å². The van der Waals surface area contributed by atoms with Gasteiger partial charge in [0.1, 0.15) is 5.75 Å². The topological polar surface area (TPSA) is 46.5 Å². The standard InChI is InChI=1S/C11H4Cl3F3O3/c12-5-2-6-3(7(13)8(5)14)1-4(10(18)19)9(20-6)11(15,16)17/h1-2,9H,(H,18,19)/t9-/m0/s1. The fraction of sp³-hybridized carbons (Fsp3) is 0.182. The zero-order valence-corrected chi connectivity index (χ0v) is 11.5. The second kappa shape index (κ2) is 5.02. The third-order valence-corrected chi connectivity index (χ3v) is 3.81. The second-order valence-electron chi connectivity index (χ2n) is 3.84. The lowest BCUT2D eigenvalue weighted by atomic mass is 10.0. The number of aliphatic carboxylic acids is 1. The first kappa shape index (κ1) is 15.3. The number of hydrogen-bond acceptors (Lipinski definition) is 2. The molecule has 0 saturated carbocycles. The van der Waals surface area contributed by atoms with E-state index in [9.17, 15) is 18.0 Å². The molecule has 0 fully saturated rings. The monoisotopic (exact) mass is 346 g/mol. The molecular formula is C11H4Cl3F3O3. The van der Waals surface area contributed by atoms with Crippen molar-refractivity contribution in [3.05, 3.63) is 32.3 Å². The van der Waals surface area contributed by atoms with Crippen molar-refractivity contribution in [1.82, 2.24) is 0 Å². The molecule has 9 heteroatoms. The molecular weight excluding hydrogens is 343 g/mol. The molecule has 2 rings (SSSR count). The highest BCUT2D eigenvalue weighted by Gasteiger charge is 2.48. The molecule has 1 heterocycles. The molecule has 1 aromatic carbocycles. The highest BCUT2D eigenvalue weighted by atomic mass is 35.5. The van der Waals surface area contributed by atoms with Gasteiger partial charge in [0, 0.05) is 11.6 Å². The lowest BCUT2D eigenvalue weighted by molar-refractivity contribution is -0.187. The minimum Gasteiger partial charge on any atom is -0.478 e. The number of ether oxygens (including phenoxy) is 1. The van der Waals surface area contributed by atoms with Gasteiger partial charge in [0.25, 0.3) is 0 Å². The maximum Gasteiger partial charge on any atom is 0.430 e. The lowest BCUT2D eigenvalue weighted by Crippen LogP contribution is -2.40. The van der Waals surface area contributed by atoms with Crippen molar-refractivity contribution >= 4 is 46.8 Å². The molecule has 20 heavy (non-hydrogen) atoms. The van der Waals surface area contributed by atoms with Gasteiger partial charge in [0.15, 0.2) is 0 Å². The summed E-state index contributed by atoms with van der Waals surface area (Å²) in [6.07, 6.45) is -6.70. The second-order valence-corrected chi connectivity index (χ2v) is 5.01. The van der Waals surface area contributed by atoms with Crippen LogP contribution in [0.15, 0.2) is 11.6 Å². The number of fused-ring (bicyclic) bond motifs is 1. The summed E-state index contributed by atoms with van der Waals surface area (Å²) in [4.78, 5) is 10.9. The molecule has 1 N–H and O–H groups in total. The van der Waals surface area contributed by atoms with Crippen molar-refractivity contribution < 1.29 is 27.8 Å². The average molecular weight is 348 g/mol. The molecule has 0 amide bonds. The highest BCUT2D eigenvalue weighted by molar-refractivity contribution is 6.48.